The first-order valence-corrected chi connectivity index (χ1v) is 8.19. The fourth-order valence-corrected chi connectivity index (χ4v) is 3.66. The second kappa shape index (κ2) is 6.06. The van der Waals surface area contributed by atoms with Crippen molar-refractivity contribution in [2.75, 3.05) is 12.4 Å². The van der Waals surface area contributed by atoms with Crippen LogP contribution in [0.5, 0.6) is 0 Å². The van der Waals surface area contributed by atoms with Gasteiger partial charge in [0.1, 0.15) is 4.88 Å². The van der Waals surface area contributed by atoms with Crippen LogP contribution in [0.1, 0.15) is 15.2 Å². The van der Waals surface area contributed by atoms with E-state index in [0.717, 1.165) is 31.5 Å². The number of ether oxygens (including phenoxy) is 1. The molecule has 2 aromatic heterocycles. The molecule has 0 bridgehead atoms. The van der Waals surface area contributed by atoms with Crippen molar-refractivity contribution in [3.8, 4) is 0 Å². The van der Waals surface area contributed by atoms with E-state index < -0.39 is 0 Å². The molecular weight excluding hydrogens is 364 g/mol. The first-order chi connectivity index (χ1) is 10.6. The minimum absolute atomic E-state index is 0.312. The summed E-state index contributed by atoms with van der Waals surface area (Å²) < 4.78 is 6.82. The number of halogens is 1. The topological polar surface area (TPSA) is 51.2 Å². The summed E-state index contributed by atoms with van der Waals surface area (Å²) >= 11 is 4.82. The maximum atomic E-state index is 11.9. The second-order valence-electron chi connectivity index (χ2n) is 4.74. The van der Waals surface area contributed by atoms with Gasteiger partial charge in [-0.2, -0.15) is 0 Å². The number of nitrogens with zero attached hydrogens (tertiary/aromatic N) is 1. The monoisotopic (exact) mass is 376 g/mol. The number of esters is 1. The molecular formula is C16H13BrN2O2S. The summed E-state index contributed by atoms with van der Waals surface area (Å²) in [5.41, 5.74) is 2.75. The number of nitrogens with one attached hydrogen (secondary N) is 1. The van der Waals surface area contributed by atoms with Crippen LogP contribution in [0.3, 0.4) is 0 Å². The number of hydrogen-bond acceptors (Lipinski definition) is 5. The molecule has 112 valence electrons. The minimum Gasteiger partial charge on any atom is -0.465 e. The molecule has 3 rings (SSSR count). The van der Waals surface area contributed by atoms with Crippen LogP contribution in [0.25, 0.3) is 10.1 Å². The maximum absolute atomic E-state index is 11.9. The van der Waals surface area contributed by atoms with E-state index in [0.29, 0.717) is 4.88 Å². The van der Waals surface area contributed by atoms with Crippen molar-refractivity contribution < 1.29 is 9.53 Å². The molecule has 4 nitrogen and oxygen atoms in total. The van der Waals surface area contributed by atoms with E-state index in [-0.39, 0.29) is 5.97 Å². The highest BCUT2D eigenvalue weighted by Crippen LogP contribution is 2.36. The van der Waals surface area contributed by atoms with Crippen molar-refractivity contribution in [3.63, 3.8) is 0 Å². The van der Waals surface area contributed by atoms with Crippen LogP contribution in [-0.4, -0.2) is 18.1 Å². The highest BCUT2D eigenvalue weighted by molar-refractivity contribution is 9.10. The van der Waals surface area contributed by atoms with E-state index in [1.54, 1.807) is 12.4 Å². The van der Waals surface area contributed by atoms with E-state index in [9.17, 15) is 4.79 Å². The van der Waals surface area contributed by atoms with Crippen LogP contribution in [0.2, 0.25) is 0 Å². The molecule has 0 unspecified atom stereocenters. The van der Waals surface area contributed by atoms with E-state index in [2.05, 4.69) is 26.2 Å². The summed E-state index contributed by atoms with van der Waals surface area (Å²) in [6.45, 7) is 1.93. The first-order valence-electron chi connectivity index (χ1n) is 6.58. The van der Waals surface area contributed by atoms with E-state index >= 15 is 0 Å². The van der Waals surface area contributed by atoms with E-state index in [4.69, 9.17) is 4.74 Å². The maximum Gasteiger partial charge on any atom is 0.348 e. The highest BCUT2D eigenvalue weighted by atomic mass is 79.9. The number of thiophene rings is 1. The van der Waals surface area contributed by atoms with Crippen LogP contribution in [-0.2, 0) is 4.74 Å². The zero-order valence-corrected chi connectivity index (χ0v) is 14.4. The number of carbonyl (C=O) groups is 1. The molecule has 0 radical (unpaired) electrons. The Morgan fingerprint density at radius 3 is 2.68 bits per heavy atom. The van der Waals surface area contributed by atoms with Crippen molar-refractivity contribution in [1.29, 1.82) is 0 Å². The number of aromatic nitrogens is 1. The van der Waals surface area contributed by atoms with Crippen LogP contribution in [0.4, 0.5) is 11.4 Å². The Morgan fingerprint density at radius 2 is 2.00 bits per heavy atom. The molecule has 0 saturated carbocycles. The summed E-state index contributed by atoms with van der Waals surface area (Å²) in [5, 5.41) is 4.36. The normalized spacial score (nSPS) is 10.7. The summed E-state index contributed by atoms with van der Waals surface area (Å²) in [4.78, 5) is 16.7. The highest BCUT2D eigenvalue weighted by Gasteiger charge is 2.18. The molecule has 1 N–H and O–H groups in total. The Kier molecular flexibility index (Phi) is 4.13. The summed E-state index contributed by atoms with van der Waals surface area (Å²) in [6.07, 6.45) is 3.54. The lowest BCUT2D eigenvalue weighted by Gasteiger charge is -2.08. The lowest BCUT2D eigenvalue weighted by molar-refractivity contribution is 0.0605. The molecule has 0 atom stereocenters. The lowest BCUT2D eigenvalue weighted by atomic mass is 10.1. The predicted octanol–water partition coefficient (Wildman–Crippen LogP) is 4.90. The second-order valence-corrected chi connectivity index (χ2v) is 6.71. The molecule has 0 aliphatic heterocycles. The molecule has 3 aromatic rings. The van der Waals surface area contributed by atoms with Gasteiger partial charge < -0.3 is 10.1 Å². The number of hydrogen-bond donors (Lipinski definition) is 1. The number of methoxy groups -OCH3 is 1. The fourth-order valence-electron chi connectivity index (χ4n) is 2.28. The van der Waals surface area contributed by atoms with Crippen molar-refractivity contribution in [3.05, 3.63) is 51.6 Å². The van der Waals surface area contributed by atoms with Gasteiger partial charge in [0.15, 0.2) is 0 Å². The molecule has 0 fully saturated rings. The number of pyridine rings is 1. The number of aryl methyl sites for hydroxylation is 1. The van der Waals surface area contributed by atoms with Gasteiger partial charge >= 0.3 is 5.97 Å². The van der Waals surface area contributed by atoms with E-state index in [1.165, 1.54) is 18.4 Å². The zero-order chi connectivity index (χ0) is 15.7. The number of rotatable bonds is 3. The summed E-state index contributed by atoms with van der Waals surface area (Å²) in [6, 6.07) is 7.89. The molecule has 0 spiro atoms. The first kappa shape index (κ1) is 15.0. The zero-order valence-electron chi connectivity index (χ0n) is 12.0. The van der Waals surface area contributed by atoms with Crippen molar-refractivity contribution in [1.82, 2.24) is 4.98 Å². The average molecular weight is 377 g/mol. The molecule has 0 saturated heterocycles. The number of carbonyl (C=O) groups excluding carboxylic acids is 1. The minimum atomic E-state index is -0.312. The Morgan fingerprint density at radius 1 is 1.27 bits per heavy atom. The number of fused-ring (bicyclic) bond motifs is 1. The quantitative estimate of drug-likeness (QED) is 0.660. The largest absolute Gasteiger partial charge is 0.465 e. The van der Waals surface area contributed by atoms with Gasteiger partial charge in [-0.25, -0.2) is 4.79 Å². The molecule has 0 amide bonds. The Bertz CT molecular complexity index is 843. The fraction of sp³-hybridized carbons (Fsp3) is 0.125. The van der Waals surface area contributed by atoms with Gasteiger partial charge in [-0.05, 0) is 36.8 Å². The van der Waals surface area contributed by atoms with Gasteiger partial charge in [0, 0.05) is 21.7 Å². The smallest absolute Gasteiger partial charge is 0.348 e. The third-order valence-electron chi connectivity index (χ3n) is 3.33. The Balaban J connectivity index is 2.08. The SMILES string of the molecule is COC(=O)c1sc2cncc(Nc3ccc(Br)cc3)c2c1C. The van der Waals surface area contributed by atoms with E-state index in [1.807, 2.05) is 31.2 Å². The van der Waals surface area contributed by atoms with Crippen molar-refractivity contribution in [2.24, 2.45) is 0 Å². The van der Waals surface area contributed by atoms with Gasteiger partial charge in [-0.15, -0.1) is 11.3 Å². The molecule has 0 aliphatic carbocycles. The standard InChI is InChI=1S/C16H13BrN2O2S/c1-9-14-12(19-11-5-3-10(17)4-6-11)7-18-8-13(14)22-15(9)16(20)21-2/h3-8,19H,1-2H3. The third kappa shape index (κ3) is 2.71. The molecule has 2 heterocycles. The van der Waals surface area contributed by atoms with Crippen LogP contribution in [0.15, 0.2) is 41.1 Å². The van der Waals surface area contributed by atoms with Crippen molar-refractivity contribution >= 4 is 54.7 Å². The number of anilines is 2. The molecule has 0 aliphatic rings. The summed E-state index contributed by atoms with van der Waals surface area (Å²) in [7, 11) is 1.39. The lowest BCUT2D eigenvalue weighted by Crippen LogP contribution is -2.00. The van der Waals surface area contributed by atoms with Gasteiger partial charge in [-0.3, -0.25) is 4.98 Å². The molecule has 22 heavy (non-hydrogen) atoms. The van der Waals surface area contributed by atoms with Crippen LogP contribution >= 0.6 is 27.3 Å². The Labute approximate surface area is 140 Å². The number of benzene rings is 1. The van der Waals surface area contributed by atoms with Crippen molar-refractivity contribution in [2.45, 2.75) is 6.92 Å². The average Bonchev–Trinajstić information content (AvgIpc) is 2.87. The van der Waals surface area contributed by atoms with Crippen LogP contribution in [0, 0.1) is 6.92 Å². The van der Waals surface area contributed by atoms with Gasteiger partial charge in [0.05, 0.1) is 23.7 Å². The molecule has 1 aromatic carbocycles. The van der Waals surface area contributed by atoms with Gasteiger partial charge in [0.2, 0.25) is 0 Å². The van der Waals surface area contributed by atoms with Gasteiger partial charge in [0.25, 0.3) is 0 Å². The Hall–Kier alpha value is -1.92. The van der Waals surface area contributed by atoms with Crippen LogP contribution < -0.4 is 5.32 Å². The van der Waals surface area contributed by atoms with Gasteiger partial charge in [-0.1, -0.05) is 15.9 Å². The summed E-state index contributed by atoms with van der Waals surface area (Å²) in [5.74, 6) is -0.312. The third-order valence-corrected chi connectivity index (χ3v) is 5.07. The predicted molar refractivity (Wildman–Crippen MR) is 93.1 cm³/mol. The molecule has 6 heteroatoms.